The second-order valence-electron chi connectivity index (χ2n) is 2.56. The van der Waals surface area contributed by atoms with Gasteiger partial charge in [-0.25, -0.2) is 14.8 Å². The van der Waals surface area contributed by atoms with Gasteiger partial charge in [-0.05, 0) is 12.3 Å². The minimum atomic E-state index is -0.499. The van der Waals surface area contributed by atoms with Crippen molar-refractivity contribution in [2.45, 2.75) is 5.16 Å². The Bertz CT molecular complexity index is 415. The first-order valence-electron chi connectivity index (χ1n) is 4.11. The zero-order valence-electron chi connectivity index (χ0n) is 8.53. The van der Waals surface area contributed by atoms with Crippen molar-refractivity contribution in [2.75, 3.05) is 13.4 Å². The number of nitrogens with zero attached hydrogens (tertiary/aromatic N) is 2. The summed E-state index contributed by atoms with van der Waals surface area (Å²) >= 11 is 13.1. The Morgan fingerprint density at radius 1 is 1.38 bits per heavy atom. The number of halogens is 2. The van der Waals surface area contributed by atoms with E-state index in [1.165, 1.54) is 31.0 Å². The van der Waals surface area contributed by atoms with Crippen molar-refractivity contribution in [3.05, 3.63) is 21.9 Å². The summed E-state index contributed by atoms with van der Waals surface area (Å²) in [4.78, 5) is 18.9. The van der Waals surface area contributed by atoms with Crippen molar-refractivity contribution in [3.8, 4) is 0 Å². The van der Waals surface area contributed by atoms with Crippen LogP contribution < -0.4 is 0 Å². The molecule has 4 nitrogen and oxygen atoms in total. The smallest absolute Gasteiger partial charge is 0.330 e. The highest BCUT2D eigenvalue weighted by molar-refractivity contribution is 7.98. The number of esters is 1. The largest absolute Gasteiger partial charge is 0.466 e. The van der Waals surface area contributed by atoms with Crippen LogP contribution >= 0.6 is 35.0 Å². The van der Waals surface area contributed by atoms with E-state index >= 15 is 0 Å². The van der Waals surface area contributed by atoms with Crippen LogP contribution in [0.2, 0.25) is 10.3 Å². The summed E-state index contributed by atoms with van der Waals surface area (Å²) in [6.45, 7) is 0. The van der Waals surface area contributed by atoms with E-state index in [1.54, 1.807) is 0 Å². The van der Waals surface area contributed by atoms with Crippen molar-refractivity contribution in [1.29, 1.82) is 0 Å². The zero-order valence-corrected chi connectivity index (χ0v) is 10.9. The van der Waals surface area contributed by atoms with Crippen molar-refractivity contribution in [1.82, 2.24) is 9.97 Å². The predicted octanol–water partition coefficient (Wildman–Crippen LogP) is 2.69. The van der Waals surface area contributed by atoms with Gasteiger partial charge in [0.15, 0.2) is 5.16 Å². The Morgan fingerprint density at radius 2 is 1.94 bits per heavy atom. The molecule has 0 atom stereocenters. The van der Waals surface area contributed by atoms with E-state index < -0.39 is 5.97 Å². The van der Waals surface area contributed by atoms with Gasteiger partial charge in [-0.3, -0.25) is 0 Å². The van der Waals surface area contributed by atoms with Crippen molar-refractivity contribution >= 4 is 47.0 Å². The van der Waals surface area contributed by atoms with Gasteiger partial charge in [-0.2, -0.15) is 0 Å². The van der Waals surface area contributed by atoms with Gasteiger partial charge in [0.2, 0.25) is 0 Å². The number of hydrogen-bond acceptors (Lipinski definition) is 5. The number of carbonyl (C=O) groups is 1. The summed E-state index contributed by atoms with van der Waals surface area (Å²) in [5.74, 6) is -0.499. The lowest BCUT2D eigenvalue weighted by Crippen LogP contribution is -1.95. The van der Waals surface area contributed by atoms with Gasteiger partial charge in [-0.1, -0.05) is 35.0 Å². The normalized spacial score (nSPS) is 10.8. The zero-order chi connectivity index (χ0) is 12.1. The third-order valence-electron chi connectivity index (χ3n) is 1.60. The predicted molar refractivity (Wildman–Crippen MR) is 64.9 cm³/mol. The number of methoxy groups -OCH3 is 1. The molecule has 0 N–H and O–H groups in total. The van der Waals surface area contributed by atoms with Gasteiger partial charge < -0.3 is 4.74 Å². The first-order chi connectivity index (χ1) is 7.58. The number of rotatable bonds is 3. The maximum Gasteiger partial charge on any atom is 0.330 e. The summed E-state index contributed by atoms with van der Waals surface area (Å²) in [5.41, 5.74) is 0.395. The quantitative estimate of drug-likeness (QED) is 0.280. The molecule has 86 valence electrons. The molecule has 0 aliphatic heterocycles. The SMILES string of the molecule is COC(=O)C=Cc1c(Cl)nc(SC)nc1Cl. The molecule has 0 amide bonds. The number of thioether (sulfide) groups is 1. The molecule has 0 aliphatic rings. The van der Waals surface area contributed by atoms with Gasteiger partial charge in [0.1, 0.15) is 10.3 Å². The summed E-state index contributed by atoms with van der Waals surface area (Å²) < 4.78 is 4.44. The minimum Gasteiger partial charge on any atom is -0.466 e. The molecular weight excluding hydrogens is 271 g/mol. The number of hydrogen-bond donors (Lipinski definition) is 0. The number of aromatic nitrogens is 2. The molecule has 0 saturated heterocycles. The topological polar surface area (TPSA) is 52.1 Å². The van der Waals surface area contributed by atoms with E-state index in [1.807, 2.05) is 6.26 Å². The monoisotopic (exact) mass is 278 g/mol. The summed E-state index contributed by atoms with van der Waals surface area (Å²) in [5, 5.41) is 0.874. The average molecular weight is 279 g/mol. The standard InChI is InChI=1S/C9H8Cl2N2O2S/c1-15-6(14)4-3-5-7(10)12-9(16-2)13-8(5)11/h3-4H,1-2H3. The molecule has 0 spiro atoms. The molecule has 0 fully saturated rings. The summed E-state index contributed by atoms with van der Waals surface area (Å²) in [6, 6.07) is 0. The second-order valence-corrected chi connectivity index (χ2v) is 4.05. The molecule has 0 saturated carbocycles. The van der Waals surface area contributed by atoms with Crippen LogP contribution in [-0.2, 0) is 9.53 Å². The van der Waals surface area contributed by atoms with Crippen LogP contribution in [0.15, 0.2) is 11.2 Å². The maximum atomic E-state index is 10.9. The minimum absolute atomic E-state index is 0.199. The third-order valence-corrected chi connectivity index (χ3v) is 2.73. The van der Waals surface area contributed by atoms with Crippen molar-refractivity contribution in [3.63, 3.8) is 0 Å². The van der Waals surface area contributed by atoms with E-state index in [9.17, 15) is 4.79 Å². The molecule has 0 aliphatic carbocycles. The molecule has 1 aromatic heterocycles. The Hall–Kier alpha value is -0.780. The Balaban J connectivity index is 3.05. The van der Waals surface area contributed by atoms with Crippen molar-refractivity contribution < 1.29 is 9.53 Å². The number of carbonyl (C=O) groups excluding carboxylic acids is 1. The van der Waals surface area contributed by atoms with Crippen LogP contribution in [0.4, 0.5) is 0 Å². The van der Waals surface area contributed by atoms with Gasteiger partial charge in [-0.15, -0.1) is 0 Å². The Morgan fingerprint density at radius 3 is 2.38 bits per heavy atom. The fourth-order valence-corrected chi connectivity index (χ4v) is 1.83. The Labute approximate surface area is 107 Å². The molecule has 1 aromatic rings. The fraction of sp³-hybridized carbons (Fsp3) is 0.222. The lowest BCUT2D eigenvalue weighted by atomic mass is 10.3. The molecule has 7 heteroatoms. The summed E-state index contributed by atoms with van der Waals surface area (Å²) in [7, 11) is 1.28. The molecule has 1 heterocycles. The van der Waals surface area contributed by atoms with Gasteiger partial charge in [0.05, 0.1) is 7.11 Å². The highest BCUT2D eigenvalue weighted by Crippen LogP contribution is 2.25. The van der Waals surface area contributed by atoms with Crippen LogP contribution in [-0.4, -0.2) is 29.3 Å². The van der Waals surface area contributed by atoms with E-state index in [0.717, 1.165) is 0 Å². The van der Waals surface area contributed by atoms with Crippen LogP contribution in [0.25, 0.3) is 6.08 Å². The lowest BCUT2D eigenvalue weighted by molar-refractivity contribution is -0.134. The highest BCUT2D eigenvalue weighted by atomic mass is 35.5. The maximum absolute atomic E-state index is 10.9. The molecule has 1 rings (SSSR count). The average Bonchev–Trinajstić information content (AvgIpc) is 2.27. The van der Waals surface area contributed by atoms with Crippen LogP contribution in [0.1, 0.15) is 5.56 Å². The van der Waals surface area contributed by atoms with E-state index in [-0.39, 0.29) is 10.3 Å². The second kappa shape index (κ2) is 6.08. The summed E-state index contributed by atoms with van der Waals surface area (Å²) in [6.07, 6.45) is 4.43. The fourth-order valence-electron chi connectivity index (χ4n) is 0.847. The van der Waals surface area contributed by atoms with Gasteiger partial charge >= 0.3 is 5.97 Å². The first kappa shape index (κ1) is 13.3. The molecule has 16 heavy (non-hydrogen) atoms. The molecule has 0 bridgehead atoms. The first-order valence-corrected chi connectivity index (χ1v) is 6.09. The Kier molecular flexibility index (Phi) is 5.05. The van der Waals surface area contributed by atoms with E-state index in [2.05, 4.69) is 14.7 Å². The highest BCUT2D eigenvalue weighted by Gasteiger charge is 2.09. The van der Waals surface area contributed by atoms with Crippen LogP contribution in [0, 0.1) is 0 Å². The molecule has 0 radical (unpaired) electrons. The number of ether oxygens (including phenoxy) is 1. The molecule has 0 unspecified atom stereocenters. The molecule has 0 aromatic carbocycles. The van der Waals surface area contributed by atoms with Crippen LogP contribution in [0.5, 0.6) is 0 Å². The third kappa shape index (κ3) is 3.37. The van der Waals surface area contributed by atoms with E-state index in [4.69, 9.17) is 23.2 Å². The lowest BCUT2D eigenvalue weighted by Gasteiger charge is -2.02. The van der Waals surface area contributed by atoms with E-state index in [0.29, 0.717) is 10.7 Å². The van der Waals surface area contributed by atoms with Gasteiger partial charge in [0, 0.05) is 11.6 Å². The van der Waals surface area contributed by atoms with Crippen molar-refractivity contribution in [2.24, 2.45) is 0 Å². The molecular formula is C9H8Cl2N2O2S. The van der Waals surface area contributed by atoms with Crippen LogP contribution in [0.3, 0.4) is 0 Å². The van der Waals surface area contributed by atoms with Gasteiger partial charge in [0.25, 0.3) is 0 Å².